The molecular formula is C28H30ClFN4O7S2. The minimum Gasteiger partial charge on any atom is -0.487 e. The van der Waals surface area contributed by atoms with Crippen molar-refractivity contribution in [1.82, 2.24) is 9.97 Å². The van der Waals surface area contributed by atoms with Gasteiger partial charge >= 0.3 is 0 Å². The second kappa shape index (κ2) is 17.0. The van der Waals surface area contributed by atoms with E-state index in [1.165, 1.54) is 32.3 Å². The van der Waals surface area contributed by atoms with Crippen LogP contribution in [0.1, 0.15) is 19.4 Å². The van der Waals surface area contributed by atoms with Crippen molar-refractivity contribution in [2.75, 3.05) is 35.4 Å². The van der Waals surface area contributed by atoms with E-state index >= 15 is 0 Å². The fraction of sp³-hybridized carbons (Fsp3) is 0.321. The van der Waals surface area contributed by atoms with Gasteiger partial charge in [-0.25, -0.2) is 9.37 Å². The maximum Gasteiger partial charge on any atom is 0.243 e. The Morgan fingerprint density at radius 3 is 2.40 bits per heavy atom. The number of amides is 1. The number of hydrogen-bond acceptors (Lipinski definition) is 12. The van der Waals surface area contributed by atoms with Crippen molar-refractivity contribution >= 4 is 68.5 Å². The third-order valence-electron chi connectivity index (χ3n) is 5.51. The molecule has 0 spiro atoms. The molecule has 4 N–H and O–H groups in total. The SMILES string of the molecule is CC(=O)SCC(CSC(C)=O)C(=O)Nc1c(Nc2ccc(OCc3cccc(F)c3)c(Cl)c2)ncnc1OC[C@H](O)CO. The van der Waals surface area contributed by atoms with Crippen LogP contribution in [0.2, 0.25) is 5.02 Å². The molecule has 1 heterocycles. The highest BCUT2D eigenvalue weighted by molar-refractivity contribution is 8.14. The molecule has 0 aliphatic rings. The predicted molar refractivity (Wildman–Crippen MR) is 164 cm³/mol. The van der Waals surface area contributed by atoms with Gasteiger partial charge in [0.2, 0.25) is 11.8 Å². The number of carbonyl (C=O) groups excluding carboxylic acids is 3. The first-order chi connectivity index (χ1) is 20.5. The number of anilines is 3. The van der Waals surface area contributed by atoms with Gasteiger partial charge in [0.15, 0.2) is 16.0 Å². The third kappa shape index (κ3) is 11.3. The summed E-state index contributed by atoms with van der Waals surface area (Å²) in [5.74, 6) is -1.02. The van der Waals surface area contributed by atoms with Crippen molar-refractivity contribution in [1.29, 1.82) is 0 Å². The molecule has 0 saturated carbocycles. The van der Waals surface area contributed by atoms with E-state index in [1.54, 1.807) is 30.3 Å². The van der Waals surface area contributed by atoms with Crippen LogP contribution in [0, 0.1) is 11.7 Å². The molecule has 3 rings (SSSR count). The van der Waals surface area contributed by atoms with Crippen LogP contribution in [-0.4, -0.2) is 67.1 Å². The summed E-state index contributed by atoms with van der Waals surface area (Å²) in [6, 6.07) is 10.8. The van der Waals surface area contributed by atoms with Gasteiger partial charge in [-0.1, -0.05) is 47.3 Å². The van der Waals surface area contributed by atoms with Gasteiger partial charge in [0.1, 0.15) is 42.9 Å². The minimum absolute atomic E-state index is 0.0193. The van der Waals surface area contributed by atoms with E-state index in [1.807, 2.05) is 0 Å². The molecule has 1 aromatic heterocycles. The summed E-state index contributed by atoms with van der Waals surface area (Å²) in [4.78, 5) is 44.8. The average Bonchev–Trinajstić information content (AvgIpc) is 2.96. The Labute approximate surface area is 260 Å². The van der Waals surface area contributed by atoms with Crippen molar-refractivity contribution < 1.29 is 38.5 Å². The summed E-state index contributed by atoms with van der Waals surface area (Å²) in [7, 11) is 0. The third-order valence-corrected chi connectivity index (χ3v) is 7.75. The van der Waals surface area contributed by atoms with Crippen LogP contribution in [0.15, 0.2) is 48.8 Å². The molecule has 230 valence electrons. The average molecular weight is 653 g/mol. The first-order valence-electron chi connectivity index (χ1n) is 12.8. The topological polar surface area (TPSA) is 160 Å². The lowest BCUT2D eigenvalue weighted by Crippen LogP contribution is -2.29. The van der Waals surface area contributed by atoms with Crippen LogP contribution in [0.3, 0.4) is 0 Å². The number of halogens is 2. The van der Waals surface area contributed by atoms with Crippen molar-refractivity contribution in [3.63, 3.8) is 0 Å². The number of ether oxygens (including phenoxy) is 2. The molecule has 11 nitrogen and oxygen atoms in total. The first kappa shape index (κ1) is 34.1. The maximum atomic E-state index is 13.5. The van der Waals surface area contributed by atoms with Crippen molar-refractivity contribution in [2.24, 2.45) is 5.92 Å². The second-order valence-corrected chi connectivity index (χ2v) is 11.8. The van der Waals surface area contributed by atoms with Gasteiger partial charge in [0, 0.05) is 31.0 Å². The molecule has 0 radical (unpaired) electrons. The van der Waals surface area contributed by atoms with E-state index in [-0.39, 0.29) is 63.2 Å². The molecule has 3 aromatic rings. The van der Waals surface area contributed by atoms with Crippen molar-refractivity contribution in [2.45, 2.75) is 26.6 Å². The predicted octanol–water partition coefficient (Wildman–Crippen LogP) is 4.44. The largest absolute Gasteiger partial charge is 0.487 e. The Kier molecular flexibility index (Phi) is 13.5. The fourth-order valence-electron chi connectivity index (χ4n) is 3.39. The summed E-state index contributed by atoms with van der Waals surface area (Å²) in [6.07, 6.45) is -0.0360. The standard InChI is InChI=1S/C28H30ClFN4O7S2/c1-16(36)42-13-19(14-43-17(2)37)27(39)34-25-26(31-15-32-28(25)41-12-22(38)10-35)33-21-6-7-24(23(29)9-21)40-11-18-4-3-5-20(30)8-18/h3-9,15,19,22,35,38H,10-14H2,1-2H3,(H,34,39)(H,31,32,33)/t22-/m1/s1. The molecule has 0 saturated heterocycles. The van der Waals surface area contributed by atoms with Crippen LogP contribution in [0.5, 0.6) is 11.6 Å². The molecular weight excluding hydrogens is 623 g/mol. The minimum atomic E-state index is -1.21. The zero-order valence-corrected chi connectivity index (χ0v) is 25.6. The Balaban J connectivity index is 1.85. The van der Waals surface area contributed by atoms with Crippen LogP contribution in [0.4, 0.5) is 21.6 Å². The number of thioether (sulfide) groups is 2. The lowest BCUT2D eigenvalue weighted by atomic mass is 10.2. The fourth-order valence-corrected chi connectivity index (χ4v) is 5.19. The number of hydrogen-bond donors (Lipinski definition) is 4. The molecule has 15 heteroatoms. The van der Waals surface area contributed by atoms with Gasteiger partial charge in [-0.05, 0) is 35.9 Å². The number of aliphatic hydroxyl groups is 2. The Hall–Kier alpha value is -3.43. The molecule has 0 unspecified atom stereocenters. The van der Waals surface area contributed by atoms with Crippen LogP contribution >= 0.6 is 35.1 Å². The second-order valence-electron chi connectivity index (χ2n) is 9.03. The summed E-state index contributed by atoms with van der Waals surface area (Å²) < 4.78 is 24.8. The zero-order chi connectivity index (χ0) is 31.4. The van der Waals surface area contributed by atoms with Gasteiger partial charge in [0.05, 0.1) is 17.5 Å². The molecule has 0 aliphatic carbocycles. The number of aliphatic hydroxyl groups excluding tert-OH is 2. The van der Waals surface area contributed by atoms with Gasteiger partial charge in [-0.2, -0.15) is 4.98 Å². The summed E-state index contributed by atoms with van der Waals surface area (Å²) in [6.45, 7) is 1.97. The lowest BCUT2D eigenvalue weighted by Gasteiger charge is -2.20. The van der Waals surface area contributed by atoms with E-state index in [4.69, 9.17) is 21.1 Å². The number of carbonyl (C=O) groups is 3. The molecule has 43 heavy (non-hydrogen) atoms. The quantitative estimate of drug-likeness (QED) is 0.183. The molecule has 2 aromatic carbocycles. The van der Waals surface area contributed by atoms with Crippen molar-refractivity contribution in [3.8, 4) is 11.6 Å². The highest BCUT2D eigenvalue weighted by Gasteiger charge is 2.25. The first-order valence-corrected chi connectivity index (χ1v) is 15.2. The number of nitrogens with one attached hydrogen (secondary N) is 2. The van der Waals surface area contributed by atoms with Gasteiger partial charge in [-0.3, -0.25) is 14.4 Å². The maximum absolute atomic E-state index is 13.5. The molecule has 0 bridgehead atoms. The molecule has 0 fully saturated rings. The van der Waals surface area contributed by atoms with E-state index in [0.717, 1.165) is 23.5 Å². The van der Waals surface area contributed by atoms with Gasteiger partial charge in [-0.15, -0.1) is 0 Å². The molecule has 1 atom stereocenters. The number of nitrogens with zero attached hydrogens (tertiary/aromatic N) is 2. The van der Waals surface area contributed by atoms with E-state index in [2.05, 4.69) is 20.6 Å². The summed E-state index contributed by atoms with van der Waals surface area (Å²) in [5.41, 5.74) is 1.10. The zero-order valence-electron chi connectivity index (χ0n) is 23.2. The summed E-state index contributed by atoms with van der Waals surface area (Å²) in [5, 5.41) is 24.6. The normalized spacial score (nSPS) is 11.6. The Bertz CT molecular complexity index is 1420. The lowest BCUT2D eigenvalue weighted by molar-refractivity contribution is -0.118. The van der Waals surface area contributed by atoms with Gasteiger partial charge < -0.3 is 30.3 Å². The molecule has 1 amide bonds. The summed E-state index contributed by atoms with van der Waals surface area (Å²) >= 11 is 8.35. The highest BCUT2D eigenvalue weighted by atomic mass is 35.5. The van der Waals surface area contributed by atoms with Crippen LogP contribution < -0.4 is 20.1 Å². The highest BCUT2D eigenvalue weighted by Crippen LogP contribution is 2.34. The van der Waals surface area contributed by atoms with Crippen LogP contribution in [0.25, 0.3) is 0 Å². The smallest absolute Gasteiger partial charge is 0.243 e. The van der Waals surface area contributed by atoms with E-state index < -0.39 is 24.5 Å². The monoisotopic (exact) mass is 652 g/mol. The van der Waals surface area contributed by atoms with Gasteiger partial charge in [0.25, 0.3) is 0 Å². The van der Waals surface area contributed by atoms with E-state index in [0.29, 0.717) is 17.0 Å². The molecule has 0 aliphatic heterocycles. The Morgan fingerprint density at radius 1 is 1.05 bits per heavy atom. The number of benzene rings is 2. The van der Waals surface area contributed by atoms with E-state index in [9.17, 15) is 29.0 Å². The van der Waals surface area contributed by atoms with Crippen LogP contribution in [-0.2, 0) is 21.0 Å². The van der Waals surface area contributed by atoms with Crippen molar-refractivity contribution in [3.05, 3.63) is 65.2 Å². The number of aromatic nitrogens is 2. The number of rotatable bonds is 15. The Morgan fingerprint density at radius 2 is 1.77 bits per heavy atom.